The number of hydrogen-bond acceptors (Lipinski definition) is 5. The standard InChI is InChI=1S/C19H14Br2N4O3S/c1-10(26)28-16-12(7-13(20)9-14(16)21)8-15-18(27)24-25(19(22)29)17(23-15)11-5-3-2-4-6-11/h2-9H,1H3,(H2,22,29)(H,24,27)/b15-8-. The number of thiocarbonyl (C=S) groups is 1. The van der Waals surface area contributed by atoms with Crippen molar-refractivity contribution in [3.63, 3.8) is 0 Å². The third-order valence-electron chi connectivity index (χ3n) is 3.71. The highest BCUT2D eigenvalue weighted by Gasteiger charge is 2.27. The number of aliphatic imine (C=N–C) groups is 1. The van der Waals surface area contributed by atoms with Gasteiger partial charge in [0.15, 0.2) is 16.7 Å². The Labute approximate surface area is 188 Å². The molecule has 0 aromatic heterocycles. The van der Waals surface area contributed by atoms with Crippen molar-refractivity contribution in [2.45, 2.75) is 6.92 Å². The number of carbonyl (C=O) groups is 2. The van der Waals surface area contributed by atoms with Crippen LogP contribution in [-0.4, -0.2) is 27.8 Å². The number of hydrogen-bond donors (Lipinski definition) is 2. The van der Waals surface area contributed by atoms with E-state index in [1.165, 1.54) is 18.0 Å². The molecule has 0 saturated carbocycles. The molecule has 148 valence electrons. The molecule has 0 aliphatic carbocycles. The summed E-state index contributed by atoms with van der Waals surface area (Å²) in [4.78, 5) is 28.6. The van der Waals surface area contributed by atoms with Crippen LogP contribution in [0.5, 0.6) is 5.75 Å². The maximum absolute atomic E-state index is 12.6. The molecule has 7 nitrogen and oxygen atoms in total. The van der Waals surface area contributed by atoms with Gasteiger partial charge in [0, 0.05) is 22.5 Å². The molecule has 2 aromatic carbocycles. The van der Waals surface area contributed by atoms with Gasteiger partial charge in [-0.1, -0.05) is 46.3 Å². The lowest BCUT2D eigenvalue weighted by atomic mass is 10.1. The van der Waals surface area contributed by atoms with Gasteiger partial charge < -0.3 is 10.5 Å². The van der Waals surface area contributed by atoms with Crippen LogP contribution in [0.4, 0.5) is 0 Å². The van der Waals surface area contributed by atoms with Crippen molar-refractivity contribution in [3.05, 3.63) is 68.2 Å². The molecule has 0 atom stereocenters. The summed E-state index contributed by atoms with van der Waals surface area (Å²) >= 11 is 11.8. The van der Waals surface area contributed by atoms with Crippen LogP contribution >= 0.6 is 44.1 Å². The second-order valence-corrected chi connectivity index (χ2v) is 8.03. The molecule has 29 heavy (non-hydrogen) atoms. The fourth-order valence-electron chi connectivity index (χ4n) is 2.55. The maximum atomic E-state index is 12.6. The summed E-state index contributed by atoms with van der Waals surface area (Å²) in [6.07, 6.45) is 1.52. The Morgan fingerprint density at radius 1 is 1.28 bits per heavy atom. The number of ether oxygens (including phenoxy) is 1. The van der Waals surface area contributed by atoms with Crippen LogP contribution in [0.25, 0.3) is 6.08 Å². The van der Waals surface area contributed by atoms with Crippen LogP contribution in [0.2, 0.25) is 0 Å². The van der Waals surface area contributed by atoms with Crippen molar-refractivity contribution in [1.82, 2.24) is 10.4 Å². The number of amidine groups is 1. The van der Waals surface area contributed by atoms with Gasteiger partial charge in [-0.3, -0.25) is 15.0 Å². The minimum atomic E-state index is -0.512. The van der Waals surface area contributed by atoms with Crippen LogP contribution in [-0.2, 0) is 9.59 Å². The zero-order valence-electron chi connectivity index (χ0n) is 15.0. The fraction of sp³-hybridized carbons (Fsp3) is 0.0526. The maximum Gasteiger partial charge on any atom is 0.308 e. The number of nitrogens with zero attached hydrogens (tertiary/aromatic N) is 2. The van der Waals surface area contributed by atoms with E-state index in [2.05, 4.69) is 42.3 Å². The van der Waals surface area contributed by atoms with Crippen LogP contribution in [0, 0.1) is 0 Å². The van der Waals surface area contributed by atoms with Crippen LogP contribution in [0.3, 0.4) is 0 Å². The monoisotopic (exact) mass is 536 g/mol. The summed E-state index contributed by atoms with van der Waals surface area (Å²) in [6.45, 7) is 1.30. The molecule has 1 heterocycles. The molecule has 3 N–H and O–H groups in total. The van der Waals surface area contributed by atoms with E-state index in [0.29, 0.717) is 21.4 Å². The van der Waals surface area contributed by atoms with Gasteiger partial charge in [0.25, 0.3) is 5.91 Å². The average Bonchev–Trinajstić information content (AvgIpc) is 2.66. The van der Waals surface area contributed by atoms with Crippen molar-refractivity contribution in [1.29, 1.82) is 0 Å². The Bertz CT molecular complexity index is 1070. The van der Waals surface area contributed by atoms with Crippen LogP contribution < -0.4 is 15.9 Å². The first-order valence-electron chi connectivity index (χ1n) is 8.20. The molecule has 2 aromatic rings. The summed E-state index contributed by atoms with van der Waals surface area (Å²) in [6, 6.07) is 12.6. The molecule has 10 heteroatoms. The minimum absolute atomic E-state index is 0.0502. The number of nitrogens with one attached hydrogen (secondary N) is 1. The Balaban J connectivity index is 2.16. The Morgan fingerprint density at radius 3 is 2.59 bits per heavy atom. The zero-order chi connectivity index (χ0) is 21.1. The van der Waals surface area contributed by atoms with E-state index in [0.717, 1.165) is 4.47 Å². The minimum Gasteiger partial charge on any atom is -0.425 e. The van der Waals surface area contributed by atoms with Gasteiger partial charge in [0.2, 0.25) is 0 Å². The summed E-state index contributed by atoms with van der Waals surface area (Å²) in [5.41, 5.74) is 9.65. The summed E-state index contributed by atoms with van der Waals surface area (Å²) < 4.78 is 6.56. The molecule has 3 rings (SSSR count). The van der Waals surface area contributed by atoms with Crippen molar-refractivity contribution in [2.75, 3.05) is 0 Å². The molecule has 1 amide bonds. The van der Waals surface area contributed by atoms with E-state index < -0.39 is 11.9 Å². The largest absolute Gasteiger partial charge is 0.425 e. The number of benzene rings is 2. The highest BCUT2D eigenvalue weighted by Crippen LogP contribution is 2.35. The van der Waals surface area contributed by atoms with Crippen molar-refractivity contribution in [3.8, 4) is 5.75 Å². The SMILES string of the molecule is CC(=O)Oc1c(Br)cc(Br)cc1/C=C1\N=C(c2ccccc2)N(C(N)=S)NC1=O. The van der Waals surface area contributed by atoms with Crippen molar-refractivity contribution >= 4 is 73.0 Å². The first-order chi connectivity index (χ1) is 13.8. The molecule has 1 aliphatic heterocycles. The number of esters is 1. The van der Waals surface area contributed by atoms with Crippen molar-refractivity contribution in [2.24, 2.45) is 10.7 Å². The average molecular weight is 538 g/mol. The highest BCUT2D eigenvalue weighted by molar-refractivity contribution is 9.11. The highest BCUT2D eigenvalue weighted by atomic mass is 79.9. The summed E-state index contributed by atoms with van der Waals surface area (Å²) in [5, 5.41) is 1.19. The Hall–Kier alpha value is -2.56. The fourth-order valence-corrected chi connectivity index (χ4v) is 4.02. The zero-order valence-corrected chi connectivity index (χ0v) is 19.0. The van der Waals surface area contributed by atoms with E-state index in [-0.39, 0.29) is 16.6 Å². The lowest BCUT2D eigenvalue weighted by Gasteiger charge is -2.28. The number of halogens is 2. The molecule has 0 saturated heterocycles. The number of carbonyl (C=O) groups excluding carboxylic acids is 2. The molecule has 0 radical (unpaired) electrons. The molecule has 0 bridgehead atoms. The van der Waals surface area contributed by atoms with E-state index in [1.807, 2.05) is 30.3 Å². The third-order valence-corrected chi connectivity index (χ3v) is 4.94. The third kappa shape index (κ3) is 4.89. The van der Waals surface area contributed by atoms with Gasteiger partial charge in [-0.05, 0) is 46.4 Å². The quantitative estimate of drug-likeness (QED) is 0.269. The summed E-state index contributed by atoms with van der Waals surface area (Å²) in [7, 11) is 0. The molecule has 0 fully saturated rings. The first-order valence-corrected chi connectivity index (χ1v) is 10.2. The normalized spacial score (nSPS) is 15.0. The number of hydrazine groups is 1. The lowest BCUT2D eigenvalue weighted by Crippen LogP contribution is -2.55. The predicted molar refractivity (Wildman–Crippen MR) is 121 cm³/mol. The molecule has 1 aliphatic rings. The predicted octanol–water partition coefficient (Wildman–Crippen LogP) is 3.52. The Morgan fingerprint density at radius 2 is 1.97 bits per heavy atom. The van der Waals surface area contributed by atoms with Gasteiger partial charge >= 0.3 is 5.97 Å². The van der Waals surface area contributed by atoms with Crippen LogP contribution in [0.15, 0.2) is 62.1 Å². The summed E-state index contributed by atoms with van der Waals surface area (Å²) in [5.74, 6) is -0.363. The molecule has 0 spiro atoms. The van der Waals surface area contributed by atoms with E-state index >= 15 is 0 Å². The van der Waals surface area contributed by atoms with Gasteiger partial charge in [0.1, 0.15) is 5.70 Å². The van der Waals surface area contributed by atoms with E-state index in [9.17, 15) is 9.59 Å². The van der Waals surface area contributed by atoms with Gasteiger partial charge in [0.05, 0.1) is 4.47 Å². The second-order valence-electron chi connectivity index (χ2n) is 5.85. The number of nitrogens with two attached hydrogens (primary N) is 1. The lowest BCUT2D eigenvalue weighted by molar-refractivity contribution is -0.132. The smallest absolute Gasteiger partial charge is 0.308 e. The van der Waals surface area contributed by atoms with Crippen LogP contribution in [0.1, 0.15) is 18.1 Å². The molecular formula is C19H14Br2N4O3S. The molecular weight excluding hydrogens is 524 g/mol. The second kappa shape index (κ2) is 8.85. The number of amides is 1. The Kier molecular flexibility index (Phi) is 6.46. The molecule has 0 unspecified atom stereocenters. The van der Waals surface area contributed by atoms with Gasteiger partial charge in [-0.25, -0.2) is 10.0 Å². The van der Waals surface area contributed by atoms with E-state index in [4.69, 9.17) is 22.7 Å². The number of rotatable bonds is 3. The topological polar surface area (TPSA) is 97.0 Å². The first kappa shape index (κ1) is 21.2. The van der Waals surface area contributed by atoms with Gasteiger partial charge in [-0.15, -0.1) is 0 Å². The van der Waals surface area contributed by atoms with Crippen molar-refractivity contribution < 1.29 is 14.3 Å². The van der Waals surface area contributed by atoms with E-state index in [1.54, 1.807) is 12.1 Å². The van der Waals surface area contributed by atoms with Gasteiger partial charge in [-0.2, -0.15) is 0 Å².